The summed E-state index contributed by atoms with van der Waals surface area (Å²) in [5, 5.41) is 8.07. The van der Waals surface area contributed by atoms with Crippen LogP contribution in [0, 0.1) is 0 Å². The Kier molecular flexibility index (Phi) is 11.1. The number of hydrogen-bond acceptors (Lipinski definition) is 3. The quantitative estimate of drug-likeness (QED) is 0.237. The molecule has 0 spiro atoms. The van der Waals surface area contributed by atoms with E-state index in [1.807, 2.05) is 30.9 Å². The maximum Gasteiger partial charge on any atom is 0.193 e. The summed E-state index contributed by atoms with van der Waals surface area (Å²) >= 11 is 0. The van der Waals surface area contributed by atoms with Crippen LogP contribution >= 0.6 is 24.0 Å². The molecule has 1 aromatic carbocycles. The summed E-state index contributed by atoms with van der Waals surface area (Å²) in [4.78, 5) is 6.59. The van der Waals surface area contributed by atoms with Crippen LogP contribution in [-0.2, 0) is 20.0 Å². The molecule has 0 radical (unpaired) electrons. The summed E-state index contributed by atoms with van der Waals surface area (Å²) in [6, 6.07) is 8.32. The standard InChI is InChI=1S/C22H35N5O.HI/c1-17(2)21-19(16-27(5)25-21)15-26(4)22(23-3)24-14-8-7-9-18-10-12-20(28-6)13-11-18;/h10-13,16-17H,7-9,14-15H2,1-6H3,(H,23,24);1H. The molecule has 0 atom stereocenters. The van der Waals surface area contributed by atoms with Gasteiger partial charge in [-0.05, 0) is 42.9 Å². The fourth-order valence-electron chi connectivity index (χ4n) is 3.32. The average Bonchev–Trinajstić information content (AvgIpc) is 3.05. The third-order valence-corrected chi connectivity index (χ3v) is 4.80. The normalized spacial score (nSPS) is 11.3. The molecule has 2 rings (SSSR count). The van der Waals surface area contributed by atoms with Crippen LogP contribution in [0.5, 0.6) is 5.75 Å². The van der Waals surface area contributed by atoms with E-state index in [1.165, 1.54) is 11.1 Å². The average molecular weight is 513 g/mol. The Balaban J connectivity index is 0.00000420. The van der Waals surface area contributed by atoms with Gasteiger partial charge in [0.25, 0.3) is 0 Å². The van der Waals surface area contributed by atoms with Crippen LogP contribution < -0.4 is 10.1 Å². The minimum Gasteiger partial charge on any atom is -0.497 e. The smallest absolute Gasteiger partial charge is 0.193 e. The summed E-state index contributed by atoms with van der Waals surface area (Å²) in [6.45, 7) is 6.08. The van der Waals surface area contributed by atoms with Crippen molar-refractivity contribution < 1.29 is 4.74 Å². The number of halogens is 1. The summed E-state index contributed by atoms with van der Waals surface area (Å²) in [5.74, 6) is 2.24. The van der Waals surface area contributed by atoms with Crippen molar-refractivity contribution in [1.29, 1.82) is 0 Å². The molecule has 0 saturated carbocycles. The van der Waals surface area contributed by atoms with E-state index in [-0.39, 0.29) is 24.0 Å². The van der Waals surface area contributed by atoms with Gasteiger partial charge in [-0.1, -0.05) is 26.0 Å². The summed E-state index contributed by atoms with van der Waals surface area (Å²) in [6.07, 6.45) is 5.42. The third-order valence-electron chi connectivity index (χ3n) is 4.80. The van der Waals surface area contributed by atoms with Crippen molar-refractivity contribution >= 4 is 29.9 Å². The van der Waals surface area contributed by atoms with Crippen LogP contribution in [0.4, 0.5) is 0 Å². The second-order valence-electron chi connectivity index (χ2n) is 7.50. The van der Waals surface area contributed by atoms with Crippen molar-refractivity contribution in [3.05, 3.63) is 47.3 Å². The van der Waals surface area contributed by atoms with Gasteiger partial charge in [-0.3, -0.25) is 9.67 Å². The van der Waals surface area contributed by atoms with Gasteiger partial charge in [-0.2, -0.15) is 5.10 Å². The third kappa shape index (κ3) is 7.87. The molecule has 1 N–H and O–H groups in total. The molecule has 162 valence electrons. The molecule has 0 amide bonds. The lowest BCUT2D eigenvalue weighted by Crippen LogP contribution is -2.39. The number of aliphatic imine (C=N–C) groups is 1. The maximum atomic E-state index is 5.20. The van der Waals surface area contributed by atoms with E-state index in [4.69, 9.17) is 4.74 Å². The molecule has 0 aliphatic carbocycles. The predicted molar refractivity (Wildman–Crippen MR) is 131 cm³/mol. The molecule has 0 fully saturated rings. The van der Waals surface area contributed by atoms with Gasteiger partial charge < -0.3 is 15.0 Å². The minimum atomic E-state index is 0. The Bertz CT molecular complexity index is 755. The number of nitrogens with one attached hydrogen (secondary N) is 1. The van der Waals surface area contributed by atoms with E-state index >= 15 is 0 Å². The number of hydrogen-bond donors (Lipinski definition) is 1. The predicted octanol–water partition coefficient (Wildman–Crippen LogP) is 4.20. The SMILES string of the molecule is CN=C(NCCCCc1ccc(OC)cc1)N(C)Cc1cn(C)nc1C(C)C.I. The Labute approximate surface area is 192 Å². The van der Waals surface area contributed by atoms with Gasteiger partial charge in [0.05, 0.1) is 12.8 Å². The Morgan fingerprint density at radius 3 is 2.52 bits per heavy atom. The van der Waals surface area contributed by atoms with E-state index in [0.29, 0.717) is 5.92 Å². The van der Waals surface area contributed by atoms with E-state index in [9.17, 15) is 0 Å². The first-order valence-corrected chi connectivity index (χ1v) is 10.0. The maximum absolute atomic E-state index is 5.20. The van der Waals surface area contributed by atoms with Crippen LogP contribution in [-0.4, -0.2) is 48.4 Å². The first-order valence-electron chi connectivity index (χ1n) is 10.0. The van der Waals surface area contributed by atoms with Crippen molar-refractivity contribution in [3.63, 3.8) is 0 Å². The van der Waals surface area contributed by atoms with Crippen LogP contribution in [0.2, 0.25) is 0 Å². The van der Waals surface area contributed by atoms with Crippen molar-refractivity contribution in [2.75, 3.05) is 27.7 Å². The van der Waals surface area contributed by atoms with Gasteiger partial charge in [0.1, 0.15) is 5.75 Å². The number of benzene rings is 1. The van der Waals surface area contributed by atoms with Gasteiger partial charge in [0, 0.05) is 46.0 Å². The Hall–Kier alpha value is -1.77. The first kappa shape index (κ1) is 25.3. The Morgan fingerprint density at radius 1 is 1.24 bits per heavy atom. The molecular formula is C22H36IN5O. The minimum absolute atomic E-state index is 0. The number of unbranched alkanes of at least 4 members (excludes halogenated alkanes) is 1. The van der Waals surface area contributed by atoms with E-state index in [2.05, 4.69) is 59.5 Å². The number of ether oxygens (including phenoxy) is 1. The van der Waals surface area contributed by atoms with E-state index < -0.39 is 0 Å². The molecule has 0 unspecified atom stereocenters. The highest BCUT2D eigenvalue weighted by Crippen LogP contribution is 2.18. The zero-order chi connectivity index (χ0) is 20.5. The second-order valence-corrected chi connectivity index (χ2v) is 7.50. The highest BCUT2D eigenvalue weighted by Gasteiger charge is 2.14. The zero-order valence-corrected chi connectivity index (χ0v) is 20.9. The lowest BCUT2D eigenvalue weighted by Gasteiger charge is -2.22. The molecule has 1 heterocycles. The molecule has 0 aliphatic heterocycles. The van der Waals surface area contributed by atoms with Gasteiger partial charge in [0.15, 0.2) is 5.96 Å². The number of rotatable bonds is 9. The number of guanidine groups is 1. The molecule has 2 aromatic rings. The van der Waals surface area contributed by atoms with Crippen LogP contribution in [0.1, 0.15) is 49.4 Å². The highest BCUT2D eigenvalue weighted by atomic mass is 127. The summed E-state index contributed by atoms with van der Waals surface area (Å²) < 4.78 is 7.10. The number of aromatic nitrogens is 2. The van der Waals surface area contributed by atoms with Crippen molar-refractivity contribution in [1.82, 2.24) is 20.0 Å². The number of aryl methyl sites for hydroxylation is 2. The van der Waals surface area contributed by atoms with E-state index in [1.54, 1.807) is 7.11 Å². The molecule has 7 heteroatoms. The molecule has 29 heavy (non-hydrogen) atoms. The number of nitrogens with zero attached hydrogens (tertiary/aromatic N) is 4. The fourth-order valence-corrected chi connectivity index (χ4v) is 3.32. The molecule has 0 aliphatic rings. The highest BCUT2D eigenvalue weighted by molar-refractivity contribution is 14.0. The van der Waals surface area contributed by atoms with Gasteiger partial charge in [-0.15, -0.1) is 24.0 Å². The van der Waals surface area contributed by atoms with Crippen LogP contribution in [0.25, 0.3) is 0 Å². The van der Waals surface area contributed by atoms with E-state index in [0.717, 1.165) is 49.8 Å². The molecule has 6 nitrogen and oxygen atoms in total. The van der Waals surface area contributed by atoms with Crippen LogP contribution in [0.3, 0.4) is 0 Å². The molecule has 1 aromatic heterocycles. The second kappa shape index (κ2) is 12.7. The van der Waals surface area contributed by atoms with Crippen molar-refractivity contribution in [2.24, 2.45) is 12.0 Å². The van der Waals surface area contributed by atoms with Gasteiger partial charge in [0.2, 0.25) is 0 Å². The largest absolute Gasteiger partial charge is 0.497 e. The molecular weight excluding hydrogens is 477 g/mol. The summed E-state index contributed by atoms with van der Waals surface area (Å²) in [5.41, 5.74) is 3.76. The van der Waals surface area contributed by atoms with Crippen LogP contribution in [0.15, 0.2) is 35.5 Å². The Morgan fingerprint density at radius 2 is 1.93 bits per heavy atom. The summed E-state index contributed by atoms with van der Waals surface area (Å²) in [7, 11) is 7.58. The molecule has 0 bridgehead atoms. The first-order chi connectivity index (χ1) is 13.4. The monoisotopic (exact) mass is 513 g/mol. The van der Waals surface area contributed by atoms with Gasteiger partial charge >= 0.3 is 0 Å². The van der Waals surface area contributed by atoms with Gasteiger partial charge in [-0.25, -0.2) is 0 Å². The lowest BCUT2D eigenvalue weighted by molar-refractivity contribution is 0.414. The lowest BCUT2D eigenvalue weighted by atomic mass is 10.1. The van der Waals surface area contributed by atoms with Crippen molar-refractivity contribution in [2.45, 2.75) is 45.6 Å². The molecule has 0 saturated heterocycles. The fraction of sp³-hybridized carbons (Fsp3) is 0.545. The zero-order valence-electron chi connectivity index (χ0n) is 18.6. The topological polar surface area (TPSA) is 54.7 Å². The number of methoxy groups -OCH3 is 1. The van der Waals surface area contributed by atoms with Crippen molar-refractivity contribution in [3.8, 4) is 5.75 Å².